The quantitative estimate of drug-likeness (QED) is 0.331. The first-order chi connectivity index (χ1) is 8.66. The molecule has 1 fully saturated rings. The molecule has 0 aliphatic heterocycles. The lowest BCUT2D eigenvalue weighted by Crippen LogP contribution is -2.37. The summed E-state index contributed by atoms with van der Waals surface area (Å²) in [6.07, 6.45) is 2.55. The van der Waals surface area contributed by atoms with Crippen LogP contribution in [0.4, 0.5) is 5.69 Å². The van der Waals surface area contributed by atoms with Crippen molar-refractivity contribution in [3.63, 3.8) is 0 Å². The van der Waals surface area contributed by atoms with Crippen LogP contribution in [0, 0.1) is 11.3 Å². The summed E-state index contributed by atoms with van der Waals surface area (Å²) in [5.41, 5.74) is 4.02. The first kappa shape index (κ1) is 12.9. The molecule has 1 aromatic rings. The van der Waals surface area contributed by atoms with E-state index in [4.69, 9.17) is 5.84 Å². The zero-order valence-corrected chi connectivity index (χ0v) is 11.1. The van der Waals surface area contributed by atoms with Crippen molar-refractivity contribution in [1.82, 2.24) is 5.43 Å². The standard InChI is InChI=1S/C14H22N4/c1-11(2)14(8-9-14)10-16-13(18-15)17-12-6-4-3-5-7-12/h3-7,11H,8-10,15H2,1-2H3,(H2,16,17,18). The highest BCUT2D eigenvalue weighted by molar-refractivity contribution is 5.93. The lowest BCUT2D eigenvalue weighted by molar-refractivity contribution is 0.371. The van der Waals surface area contributed by atoms with Gasteiger partial charge in [-0.25, -0.2) is 5.84 Å². The Morgan fingerprint density at radius 2 is 2.00 bits per heavy atom. The predicted molar refractivity (Wildman–Crippen MR) is 76.2 cm³/mol. The molecule has 1 saturated carbocycles. The summed E-state index contributed by atoms with van der Waals surface area (Å²) in [6, 6.07) is 9.92. The zero-order valence-electron chi connectivity index (χ0n) is 11.1. The normalized spacial score (nSPS) is 17.7. The Hall–Kier alpha value is -1.55. The molecule has 98 valence electrons. The summed E-state index contributed by atoms with van der Waals surface area (Å²) < 4.78 is 0. The van der Waals surface area contributed by atoms with E-state index in [-0.39, 0.29) is 0 Å². The van der Waals surface area contributed by atoms with E-state index in [9.17, 15) is 0 Å². The van der Waals surface area contributed by atoms with E-state index in [1.54, 1.807) is 0 Å². The van der Waals surface area contributed by atoms with Gasteiger partial charge in [-0.3, -0.25) is 10.4 Å². The summed E-state index contributed by atoms with van der Waals surface area (Å²) in [6.45, 7) is 5.37. The second-order valence-electron chi connectivity index (χ2n) is 5.32. The minimum absolute atomic E-state index is 0.403. The molecular formula is C14H22N4. The summed E-state index contributed by atoms with van der Waals surface area (Å²) in [4.78, 5) is 4.56. The number of nitrogens with one attached hydrogen (secondary N) is 2. The van der Waals surface area contributed by atoms with Crippen molar-refractivity contribution >= 4 is 11.6 Å². The van der Waals surface area contributed by atoms with E-state index in [1.807, 2.05) is 30.3 Å². The number of nitrogens with zero attached hydrogens (tertiary/aromatic N) is 1. The summed E-state index contributed by atoms with van der Waals surface area (Å²) >= 11 is 0. The lowest BCUT2D eigenvalue weighted by atomic mass is 9.93. The van der Waals surface area contributed by atoms with Crippen molar-refractivity contribution in [2.24, 2.45) is 22.2 Å². The minimum Gasteiger partial charge on any atom is -0.325 e. The molecule has 4 heteroatoms. The van der Waals surface area contributed by atoms with Crippen LogP contribution in [0.15, 0.2) is 35.3 Å². The maximum Gasteiger partial charge on any atom is 0.210 e. The second kappa shape index (κ2) is 5.40. The highest BCUT2D eigenvalue weighted by Crippen LogP contribution is 2.51. The fourth-order valence-electron chi connectivity index (χ4n) is 2.09. The highest BCUT2D eigenvalue weighted by atomic mass is 15.3. The number of guanidine groups is 1. The number of hydrogen-bond acceptors (Lipinski definition) is 2. The number of benzene rings is 1. The van der Waals surface area contributed by atoms with Crippen LogP contribution >= 0.6 is 0 Å². The average Bonchev–Trinajstić information content (AvgIpc) is 3.17. The number of hydrogen-bond donors (Lipinski definition) is 3. The van der Waals surface area contributed by atoms with E-state index in [0.29, 0.717) is 17.3 Å². The Morgan fingerprint density at radius 3 is 2.50 bits per heavy atom. The van der Waals surface area contributed by atoms with Crippen LogP contribution in [0.25, 0.3) is 0 Å². The van der Waals surface area contributed by atoms with Crippen LogP contribution in [0.2, 0.25) is 0 Å². The molecule has 0 amide bonds. The summed E-state index contributed by atoms with van der Waals surface area (Å²) in [5.74, 6) is 6.81. The highest BCUT2D eigenvalue weighted by Gasteiger charge is 2.45. The topological polar surface area (TPSA) is 62.4 Å². The molecule has 2 rings (SSSR count). The minimum atomic E-state index is 0.403. The Morgan fingerprint density at radius 1 is 1.33 bits per heavy atom. The van der Waals surface area contributed by atoms with Gasteiger partial charge in [-0.2, -0.15) is 0 Å². The van der Waals surface area contributed by atoms with Crippen molar-refractivity contribution in [2.75, 3.05) is 11.9 Å². The van der Waals surface area contributed by atoms with Gasteiger partial charge in [0, 0.05) is 12.2 Å². The largest absolute Gasteiger partial charge is 0.325 e. The van der Waals surface area contributed by atoms with Gasteiger partial charge in [0.1, 0.15) is 0 Å². The summed E-state index contributed by atoms with van der Waals surface area (Å²) in [7, 11) is 0. The number of anilines is 1. The Bertz CT molecular complexity index is 407. The van der Waals surface area contributed by atoms with Gasteiger partial charge in [0.15, 0.2) is 0 Å². The predicted octanol–water partition coefficient (Wildman–Crippen LogP) is 2.35. The van der Waals surface area contributed by atoms with Crippen molar-refractivity contribution in [3.8, 4) is 0 Å². The molecule has 1 aliphatic rings. The van der Waals surface area contributed by atoms with E-state index in [1.165, 1.54) is 12.8 Å². The van der Waals surface area contributed by atoms with Crippen LogP contribution in [-0.2, 0) is 0 Å². The van der Waals surface area contributed by atoms with Crippen molar-refractivity contribution in [3.05, 3.63) is 30.3 Å². The maximum absolute atomic E-state index is 5.50. The van der Waals surface area contributed by atoms with Crippen LogP contribution in [0.3, 0.4) is 0 Å². The number of aliphatic imine (C=N–C) groups is 1. The van der Waals surface area contributed by atoms with Gasteiger partial charge in [0.25, 0.3) is 0 Å². The number of rotatable bonds is 4. The average molecular weight is 246 g/mol. The van der Waals surface area contributed by atoms with Crippen LogP contribution in [0.1, 0.15) is 26.7 Å². The molecule has 0 aromatic heterocycles. The Balaban J connectivity index is 1.97. The third kappa shape index (κ3) is 3.01. The van der Waals surface area contributed by atoms with E-state index < -0.39 is 0 Å². The van der Waals surface area contributed by atoms with E-state index in [2.05, 4.69) is 29.6 Å². The molecule has 0 saturated heterocycles. The molecule has 0 bridgehead atoms. The molecule has 1 aromatic carbocycles. The van der Waals surface area contributed by atoms with Gasteiger partial charge >= 0.3 is 0 Å². The van der Waals surface area contributed by atoms with Crippen LogP contribution in [-0.4, -0.2) is 12.5 Å². The van der Waals surface area contributed by atoms with Gasteiger partial charge < -0.3 is 5.32 Å². The van der Waals surface area contributed by atoms with Gasteiger partial charge in [-0.1, -0.05) is 32.0 Å². The molecule has 0 atom stereocenters. The second-order valence-corrected chi connectivity index (χ2v) is 5.32. The van der Waals surface area contributed by atoms with E-state index in [0.717, 1.165) is 12.2 Å². The van der Waals surface area contributed by atoms with Gasteiger partial charge in [-0.15, -0.1) is 0 Å². The van der Waals surface area contributed by atoms with Gasteiger partial charge in [0.2, 0.25) is 5.96 Å². The van der Waals surface area contributed by atoms with Crippen LogP contribution < -0.4 is 16.6 Å². The molecule has 0 unspecified atom stereocenters. The third-order valence-corrected chi connectivity index (χ3v) is 3.84. The van der Waals surface area contributed by atoms with Crippen molar-refractivity contribution in [2.45, 2.75) is 26.7 Å². The molecule has 4 nitrogen and oxygen atoms in total. The molecule has 1 aliphatic carbocycles. The fraction of sp³-hybridized carbons (Fsp3) is 0.500. The smallest absolute Gasteiger partial charge is 0.210 e. The van der Waals surface area contributed by atoms with E-state index >= 15 is 0 Å². The van der Waals surface area contributed by atoms with Crippen molar-refractivity contribution in [1.29, 1.82) is 0 Å². The molecule has 0 heterocycles. The van der Waals surface area contributed by atoms with Crippen molar-refractivity contribution < 1.29 is 0 Å². The number of para-hydroxylation sites is 1. The summed E-state index contributed by atoms with van der Waals surface area (Å²) in [5, 5.41) is 3.18. The molecule has 0 spiro atoms. The first-order valence-electron chi connectivity index (χ1n) is 6.49. The number of nitrogens with two attached hydrogens (primary N) is 1. The van der Waals surface area contributed by atoms with Gasteiger partial charge in [0.05, 0.1) is 0 Å². The first-order valence-corrected chi connectivity index (χ1v) is 6.49. The Kier molecular flexibility index (Phi) is 3.87. The lowest BCUT2D eigenvalue weighted by Gasteiger charge is -2.18. The van der Waals surface area contributed by atoms with Crippen LogP contribution in [0.5, 0.6) is 0 Å². The molecule has 18 heavy (non-hydrogen) atoms. The molecular weight excluding hydrogens is 224 g/mol. The zero-order chi connectivity index (χ0) is 13.0. The fourth-order valence-corrected chi connectivity index (χ4v) is 2.09. The van der Waals surface area contributed by atoms with Gasteiger partial charge in [-0.05, 0) is 36.3 Å². The maximum atomic E-state index is 5.50. The monoisotopic (exact) mass is 246 g/mol. The molecule has 4 N–H and O–H groups in total. The Labute approximate surface area is 109 Å². The number of hydrazine groups is 1. The SMILES string of the molecule is CC(C)C1(CN=C(NN)Nc2ccccc2)CC1. The third-order valence-electron chi connectivity index (χ3n) is 3.84. The molecule has 0 radical (unpaired) electrons.